The minimum atomic E-state index is -5.39. The summed E-state index contributed by atoms with van der Waals surface area (Å²) in [7, 11) is -15.4. The van der Waals surface area contributed by atoms with Crippen molar-refractivity contribution in [3.63, 3.8) is 0 Å². The highest BCUT2D eigenvalue weighted by atomic mass is 31.3. The van der Waals surface area contributed by atoms with E-state index in [0.29, 0.717) is 12.0 Å². The smallest absolute Gasteiger partial charge is 0.392 e. The molecule has 0 aromatic rings. The molecular formula is C8H19O11P3. The molecule has 0 amide bonds. The monoisotopic (exact) mass is 384 g/mol. The van der Waals surface area contributed by atoms with Crippen LogP contribution in [0.3, 0.4) is 0 Å². The molecule has 11 nitrogen and oxygen atoms in total. The first-order chi connectivity index (χ1) is 9.93. The van der Waals surface area contributed by atoms with Crippen molar-refractivity contribution in [1.29, 1.82) is 0 Å². The fraction of sp³-hybridized carbons (Fsp3) is 0.750. The lowest BCUT2D eigenvalue weighted by Gasteiger charge is -2.17. The molecule has 0 fully saturated rings. The molecule has 0 aliphatic carbocycles. The van der Waals surface area contributed by atoms with Gasteiger partial charge in [0.1, 0.15) is 0 Å². The van der Waals surface area contributed by atoms with Gasteiger partial charge in [0.15, 0.2) is 0 Å². The lowest BCUT2D eigenvalue weighted by molar-refractivity contribution is 0.163. The van der Waals surface area contributed by atoms with Crippen molar-refractivity contribution >= 4 is 23.5 Å². The van der Waals surface area contributed by atoms with Crippen molar-refractivity contribution in [2.45, 2.75) is 20.3 Å². The van der Waals surface area contributed by atoms with Gasteiger partial charge in [0.05, 0.1) is 19.8 Å². The maximum Gasteiger partial charge on any atom is 0.490 e. The molecule has 0 heterocycles. The van der Waals surface area contributed by atoms with Crippen LogP contribution >= 0.6 is 23.5 Å². The zero-order valence-corrected chi connectivity index (χ0v) is 14.6. The average Bonchev–Trinajstić information content (AvgIpc) is 2.33. The number of rotatable bonds is 11. The SMILES string of the molecule is CCCOP(=O)(O)OP(=O)(O)OP(=O)(O)OC/C=C(\C)CO. The second-order valence-corrected chi connectivity index (χ2v) is 8.54. The third-order valence-electron chi connectivity index (χ3n) is 1.79. The van der Waals surface area contributed by atoms with Crippen molar-refractivity contribution in [3.8, 4) is 0 Å². The van der Waals surface area contributed by atoms with Gasteiger partial charge in [-0.15, -0.1) is 0 Å². The number of aliphatic hydroxyl groups excluding tert-OH is 1. The van der Waals surface area contributed by atoms with E-state index in [1.54, 1.807) is 6.92 Å². The van der Waals surface area contributed by atoms with Gasteiger partial charge in [-0.05, 0) is 18.9 Å². The minimum absolute atomic E-state index is 0.244. The zero-order valence-electron chi connectivity index (χ0n) is 11.9. The molecule has 0 rings (SSSR count). The van der Waals surface area contributed by atoms with Crippen LogP contribution in [-0.4, -0.2) is 39.6 Å². The summed E-state index contributed by atoms with van der Waals surface area (Å²) in [5.74, 6) is 0. The first kappa shape index (κ1) is 22.1. The van der Waals surface area contributed by atoms with Gasteiger partial charge in [0.2, 0.25) is 0 Å². The second-order valence-electron chi connectivity index (χ2n) is 3.91. The van der Waals surface area contributed by atoms with Crippen LogP contribution in [0.5, 0.6) is 0 Å². The van der Waals surface area contributed by atoms with E-state index < -0.39 is 30.1 Å². The van der Waals surface area contributed by atoms with E-state index in [-0.39, 0.29) is 13.2 Å². The molecular weight excluding hydrogens is 365 g/mol. The third-order valence-corrected chi connectivity index (χ3v) is 6.08. The van der Waals surface area contributed by atoms with E-state index in [0.717, 1.165) is 0 Å². The lowest BCUT2D eigenvalue weighted by atomic mass is 10.3. The molecule has 0 radical (unpaired) electrons. The Labute approximate surface area is 127 Å². The van der Waals surface area contributed by atoms with Crippen molar-refractivity contribution < 1.29 is 51.2 Å². The summed E-state index contributed by atoms with van der Waals surface area (Å²) in [4.78, 5) is 27.5. The highest BCUT2D eigenvalue weighted by molar-refractivity contribution is 7.66. The Morgan fingerprint density at radius 1 is 1.00 bits per heavy atom. The van der Waals surface area contributed by atoms with Crippen LogP contribution in [0, 0.1) is 0 Å². The summed E-state index contributed by atoms with van der Waals surface area (Å²) in [6, 6.07) is 0. The predicted molar refractivity (Wildman–Crippen MR) is 74.7 cm³/mol. The third kappa shape index (κ3) is 10.8. The molecule has 0 aliphatic heterocycles. The molecule has 0 saturated heterocycles. The van der Waals surface area contributed by atoms with Gasteiger partial charge < -0.3 is 19.8 Å². The van der Waals surface area contributed by atoms with Crippen LogP contribution in [0.25, 0.3) is 0 Å². The summed E-state index contributed by atoms with van der Waals surface area (Å²) >= 11 is 0. The Morgan fingerprint density at radius 2 is 1.50 bits per heavy atom. The normalized spacial score (nSPS) is 20.9. The highest BCUT2D eigenvalue weighted by Crippen LogP contribution is 2.67. The number of phosphoric acid groups is 3. The highest BCUT2D eigenvalue weighted by Gasteiger charge is 2.41. The zero-order chi connectivity index (χ0) is 17.4. The minimum Gasteiger partial charge on any atom is -0.392 e. The summed E-state index contributed by atoms with van der Waals surface area (Å²) in [6.45, 7) is 2.03. The van der Waals surface area contributed by atoms with E-state index in [1.807, 2.05) is 0 Å². The summed E-state index contributed by atoms with van der Waals surface area (Å²) < 4.78 is 50.3. The molecule has 22 heavy (non-hydrogen) atoms. The molecule has 3 atom stereocenters. The molecule has 132 valence electrons. The Morgan fingerprint density at radius 3 is 1.95 bits per heavy atom. The van der Waals surface area contributed by atoms with Crippen LogP contribution in [-0.2, 0) is 31.4 Å². The van der Waals surface area contributed by atoms with Gasteiger partial charge in [-0.2, -0.15) is 8.62 Å². The average molecular weight is 384 g/mol. The first-order valence-corrected chi connectivity index (χ1v) is 10.4. The quantitative estimate of drug-likeness (QED) is 0.302. The summed E-state index contributed by atoms with van der Waals surface area (Å²) in [6.07, 6.45) is 1.54. The van der Waals surface area contributed by atoms with Crippen molar-refractivity contribution in [2.24, 2.45) is 0 Å². The van der Waals surface area contributed by atoms with E-state index in [2.05, 4.69) is 17.7 Å². The fourth-order valence-electron chi connectivity index (χ4n) is 0.868. The second kappa shape index (κ2) is 9.42. The molecule has 3 unspecified atom stereocenters. The first-order valence-electron chi connectivity index (χ1n) is 5.89. The molecule has 0 saturated carbocycles. The van der Waals surface area contributed by atoms with Gasteiger partial charge in [-0.1, -0.05) is 13.0 Å². The standard InChI is InChI=1S/C8H19O11P3/c1-3-5-16-20(10,11)18-22(14,15)19-21(12,13)17-6-4-8(2)7-9/h4,9H,3,5-7H2,1-2H3,(H,10,11)(H,12,13)(H,14,15)/b8-4+. The Hall–Kier alpha value is 0.110. The number of hydrogen-bond acceptors (Lipinski definition) is 8. The van der Waals surface area contributed by atoms with E-state index in [9.17, 15) is 23.5 Å². The Balaban J connectivity index is 4.64. The number of phosphoric ester groups is 2. The summed E-state index contributed by atoms with van der Waals surface area (Å²) in [5.41, 5.74) is 0.413. The molecule has 14 heteroatoms. The molecule has 0 aromatic carbocycles. The largest absolute Gasteiger partial charge is 0.490 e. The van der Waals surface area contributed by atoms with Crippen LogP contribution in [0.4, 0.5) is 0 Å². The van der Waals surface area contributed by atoms with Crippen molar-refractivity contribution in [2.75, 3.05) is 19.8 Å². The van der Waals surface area contributed by atoms with E-state index in [1.165, 1.54) is 13.0 Å². The molecule has 4 N–H and O–H groups in total. The topological polar surface area (TPSA) is 169 Å². The number of hydrogen-bond donors (Lipinski definition) is 4. The van der Waals surface area contributed by atoms with Gasteiger partial charge in [0.25, 0.3) is 0 Å². The van der Waals surface area contributed by atoms with Crippen LogP contribution in [0.15, 0.2) is 11.6 Å². The van der Waals surface area contributed by atoms with Crippen molar-refractivity contribution in [1.82, 2.24) is 0 Å². The summed E-state index contributed by atoms with van der Waals surface area (Å²) in [5, 5.41) is 8.69. The van der Waals surface area contributed by atoms with Gasteiger partial charge in [-0.3, -0.25) is 9.05 Å². The van der Waals surface area contributed by atoms with Gasteiger partial charge in [-0.25, -0.2) is 13.7 Å². The molecule has 0 bridgehead atoms. The molecule has 0 aromatic heterocycles. The Kier molecular flexibility index (Phi) is 9.46. The van der Waals surface area contributed by atoms with Crippen molar-refractivity contribution in [3.05, 3.63) is 11.6 Å². The predicted octanol–water partition coefficient (Wildman–Crippen LogP) is 1.70. The van der Waals surface area contributed by atoms with Gasteiger partial charge in [0, 0.05) is 0 Å². The fourth-order valence-corrected chi connectivity index (χ4v) is 4.39. The van der Waals surface area contributed by atoms with E-state index in [4.69, 9.17) is 10.00 Å². The van der Waals surface area contributed by atoms with Crippen LogP contribution < -0.4 is 0 Å². The molecule has 0 aliphatic rings. The van der Waals surface area contributed by atoms with Gasteiger partial charge >= 0.3 is 23.5 Å². The Bertz CT molecular complexity index is 515. The van der Waals surface area contributed by atoms with Crippen LogP contribution in [0.1, 0.15) is 20.3 Å². The maximum atomic E-state index is 11.4. The molecule has 0 spiro atoms. The maximum absolute atomic E-state index is 11.4. The lowest BCUT2D eigenvalue weighted by Crippen LogP contribution is -1.99. The van der Waals surface area contributed by atoms with E-state index >= 15 is 0 Å². The number of aliphatic hydroxyl groups is 1. The van der Waals surface area contributed by atoms with Crippen LogP contribution in [0.2, 0.25) is 0 Å².